The predicted molar refractivity (Wildman–Crippen MR) is 133 cm³/mol. The van der Waals surface area contributed by atoms with Crippen LogP contribution in [0.3, 0.4) is 0 Å². The third kappa shape index (κ3) is 6.13. The summed E-state index contributed by atoms with van der Waals surface area (Å²) in [6.45, 7) is 5.79. The van der Waals surface area contributed by atoms with Gasteiger partial charge in [0.25, 0.3) is 5.91 Å². The molecule has 8 nitrogen and oxygen atoms in total. The van der Waals surface area contributed by atoms with Crippen molar-refractivity contribution in [2.24, 2.45) is 0 Å². The van der Waals surface area contributed by atoms with Gasteiger partial charge in [-0.3, -0.25) is 9.69 Å². The molecule has 1 aliphatic rings. The second-order valence-corrected chi connectivity index (χ2v) is 10.9. The van der Waals surface area contributed by atoms with E-state index in [0.29, 0.717) is 59.4 Å². The number of aromatic nitrogens is 2. The molecule has 36 heavy (non-hydrogen) atoms. The Balaban J connectivity index is 1.43. The van der Waals surface area contributed by atoms with E-state index in [0.717, 1.165) is 11.8 Å². The van der Waals surface area contributed by atoms with Crippen LogP contribution in [0.15, 0.2) is 57.0 Å². The van der Waals surface area contributed by atoms with E-state index in [4.69, 9.17) is 10.9 Å². The lowest BCUT2D eigenvalue weighted by atomic mass is 10.1. The van der Waals surface area contributed by atoms with Crippen molar-refractivity contribution in [1.82, 2.24) is 19.9 Å². The molecule has 0 bridgehead atoms. The van der Waals surface area contributed by atoms with E-state index in [1.165, 1.54) is 17.8 Å². The van der Waals surface area contributed by atoms with Gasteiger partial charge in [-0.1, -0.05) is 22.8 Å². The number of piperazine rings is 1. The average molecular weight is 529 g/mol. The Hall–Kier alpha value is -3.20. The molecule has 0 saturated carbocycles. The molecule has 2 aromatic heterocycles. The quantitative estimate of drug-likeness (QED) is 0.261. The van der Waals surface area contributed by atoms with Crippen LogP contribution in [-0.4, -0.2) is 59.9 Å². The van der Waals surface area contributed by atoms with Gasteiger partial charge in [0, 0.05) is 50.0 Å². The Bertz CT molecular complexity index is 1420. The first-order chi connectivity index (χ1) is 17.1. The summed E-state index contributed by atoms with van der Waals surface area (Å²) in [6, 6.07) is 9.37. The van der Waals surface area contributed by atoms with Gasteiger partial charge in [0.15, 0.2) is 0 Å². The van der Waals surface area contributed by atoms with E-state index in [1.54, 1.807) is 24.4 Å². The first-order valence-corrected chi connectivity index (χ1v) is 13.6. The molecule has 11 heteroatoms. The average Bonchev–Trinajstić information content (AvgIpc) is 3.27. The van der Waals surface area contributed by atoms with E-state index in [2.05, 4.69) is 21.0 Å². The lowest BCUT2D eigenvalue weighted by Crippen LogP contribution is -2.53. The number of terminal acetylenes is 1. The van der Waals surface area contributed by atoms with Gasteiger partial charge in [-0.25, -0.2) is 4.98 Å². The number of carbonyl (C=O) groups is 1. The van der Waals surface area contributed by atoms with Crippen molar-refractivity contribution in [3.8, 4) is 12.3 Å². The second kappa shape index (κ2) is 10.8. The number of hydrogen-bond donors (Lipinski definition) is 0. The zero-order valence-corrected chi connectivity index (χ0v) is 21.5. The van der Waals surface area contributed by atoms with Gasteiger partial charge in [-0.05, 0) is 49.7 Å². The summed E-state index contributed by atoms with van der Waals surface area (Å²) >= 11 is 1.42. The van der Waals surface area contributed by atoms with Crippen LogP contribution in [0.2, 0.25) is 0 Å². The molecule has 3 aromatic rings. The van der Waals surface area contributed by atoms with E-state index in [1.807, 2.05) is 24.8 Å². The minimum absolute atomic E-state index is 0.105. The summed E-state index contributed by atoms with van der Waals surface area (Å²) in [6.07, 6.45) is 7.08. The van der Waals surface area contributed by atoms with Crippen LogP contribution in [0, 0.1) is 19.3 Å². The molecule has 1 aliphatic heterocycles. The smallest absolute Gasteiger partial charge is 0.332 e. The summed E-state index contributed by atoms with van der Waals surface area (Å²) in [4.78, 5) is 21.3. The van der Waals surface area contributed by atoms with Crippen molar-refractivity contribution in [3.63, 3.8) is 0 Å². The van der Waals surface area contributed by atoms with Crippen molar-refractivity contribution >= 4 is 27.9 Å². The number of hydrogen-bond acceptors (Lipinski definition) is 8. The van der Waals surface area contributed by atoms with Crippen molar-refractivity contribution in [2.45, 2.75) is 42.1 Å². The van der Waals surface area contributed by atoms with Crippen molar-refractivity contribution in [1.29, 1.82) is 0 Å². The third-order valence-electron chi connectivity index (χ3n) is 5.82. The largest absolute Gasteiger partial charge is 0.360 e. The molecule has 0 spiro atoms. The minimum atomic E-state index is -4.87. The van der Waals surface area contributed by atoms with Gasteiger partial charge in [0.2, 0.25) is 0 Å². The molecule has 0 N–H and O–H groups in total. The van der Waals surface area contributed by atoms with Crippen LogP contribution in [0.25, 0.3) is 0 Å². The van der Waals surface area contributed by atoms with E-state index in [-0.39, 0.29) is 11.9 Å². The molecule has 1 amide bonds. The SMILES string of the molecule is C#Cc1cc(CN2CCN(C(=O)c3cccnc3SCc3cc(C)no3)[C@@H](C)C2)cc(S(=O)(=O)F)c1. The topological polar surface area (TPSA) is 96.6 Å². The first kappa shape index (κ1) is 25.9. The number of carbonyl (C=O) groups excluding carboxylic acids is 1. The first-order valence-electron chi connectivity index (χ1n) is 11.2. The minimum Gasteiger partial charge on any atom is -0.360 e. The van der Waals surface area contributed by atoms with Crippen molar-refractivity contribution < 1.29 is 21.6 Å². The maximum atomic E-state index is 13.6. The Kier molecular flexibility index (Phi) is 7.78. The van der Waals surface area contributed by atoms with E-state index in [9.17, 15) is 17.1 Å². The fraction of sp³-hybridized carbons (Fsp3) is 0.320. The highest BCUT2D eigenvalue weighted by Crippen LogP contribution is 2.27. The number of aryl methyl sites for hydroxylation is 1. The molecule has 1 aromatic carbocycles. The van der Waals surface area contributed by atoms with Crippen LogP contribution >= 0.6 is 11.8 Å². The maximum absolute atomic E-state index is 13.6. The van der Waals surface area contributed by atoms with Crippen molar-refractivity contribution in [3.05, 3.63) is 70.7 Å². The number of halogens is 1. The Morgan fingerprint density at radius 1 is 1.31 bits per heavy atom. The number of amides is 1. The van der Waals surface area contributed by atoms with Crippen molar-refractivity contribution in [2.75, 3.05) is 19.6 Å². The fourth-order valence-electron chi connectivity index (χ4n) is 4.16. The third-order valence-corrected chi connectivity index (χ3v) is 7.65. The number of nitrogens with zero attached hydrogens (tertiary/aromatic N) is 4. The molecular formula is C25H25FN4O4S2. The Morgan fingerprint density at radius 2 is 2.11 bits per heavy atom. The highest BCUT2D eigenvalue weighted by Gasteiger charge is 2.30. The molecule has 3 heterocycles. The molecule has 0 unspecified atom stereocenters. The van der Waals surface area contributed by atoms with Crippen LogP contribution in [0.4, 0.5) is 3.89 Å². The summed E-state index contributed by atoms with van der Waals surface area (Å²) in [5, 5.41) is 4.51. The monoisotopic (exact) mass is 528 g/mol. The standard InChI is InChI=1S/C25H25FN4O4S2/c1-4-19-11-20(13-22(12-19)36(26,32)33)15-29-8-9-30(18(3)14-29)25(31)23-6-5-7-27-24(23)35-16-21-10-17(2)28-34-21/h1,5-7,10-13,18H,8-9,14-16H2,2-3H3/t18-/m0/s1. The van der Waals surface area contributed by atoms with E-state index < -0.39 is 15.1 Å². The highest BCUT2D eigenvalue weighted by molar-refractivity contribution is 7.98. The van der Waals surface area contributed by atoms with Gasteiger partial charge in [0.1, 0.15) is 15.7 Å². The van der Waals surface area contributed by atoms with E-state index >= 15 is 0 Å². The Morgan fingerprint density at radius 3 is 2.78 bits per heavy atom. The number of rotatable bonds is 7. The molecular weight excluding hydrogens is 503 g/mol. The van der Waals surface area contributed by atoms with Gasteiger partial charge < -0.3 is 9.42 Å². The van der Waals surface area contributed by atoms with Gasteiger partial charge >= 0.3 is 10.2 Å². The molecule has 188 valence electrons. The molecule has 1 atom stereocenters. The van der Waals surface area contributed by atoms with Crippen LogP contribution in [0.5, 0.6) is 0 Å². The van der Waals surface area contributed by atoms with Crippen LogP contribution in [-0.2, 0) is 22.5 Å². The maximum Gasteiger partial charge on any atom is 0.332 e. The number of thioether (sulfide) groups is 1. The Labute approximate surface area is 214 Å². The molecule has 4 rings (SSSR count). The second-order valence-electron chi connectivity index (χ2n) is 8.61. The molecule has 1 fully saturated rings. The van der Waals surface area contributed by atoms with Crippen LogP contribution in [0.1, 0.15) is 39.9 Å². The zero-order valence-electron chi connectivity index (χ0n) is 19.8. The number of pyridine rings is 1. The highest BCUT2D eigenvalue weighted by atomic mass is 32.3. The summed E-state index contributed by atoms with van der Waals surface area (Å²) in [7, 11) is -4.87. The number of benzene rings is 1. The summed E-state index contributed by atoms with van der Waals surface area (Å²) < 4.78 is 41.6. The lowest BCUT2D eigenvalue weighted by molar-refractivity contribution is 0.0471. The molecule has 1 saturated heterocycles. The van der Waals surface area contributed by atoms with Crippen LogP contribution < -0.4 is 0 Å². The summed E-state index contributed by atoms with van der Waals surface area (Å²) in [5.41, 5.74) is 2.22. The summed E-state index contributed by atoms with van der Waals surface area (Å²) in [5.74, 6) is 3.49. The van der Waals surface area contributed by atoms with Gasteiger partial charge in [-0.2, -0.15) is 8.42 Å². The molecule has 0 aliphatic carbocycles. The van der Waals surface area contributed by atoms with Gasteiger partial charge in [-0.15, -0.1) is 10.3 Å². The fourth-order valence-corrected chi connectivity index (χ4v) is 5.58. The van der Waals surface area contributed by atoms with Gasteiger partial charge in [0.05, 0.1) is 17.0 Å². The predicted octanol–water partition coefficient (Wildman–Crippen LogP) is 3.66. The normalized spacial score (nSPS) is 16.6. The molecule has 0 radical (unpaired) electrons. The lowest BCUT2D eigenvalue weighted by Gasteiger charge is -2.40. The zero-order chi connectivity index (χ0) is 25.9.